The van der Waals surface area contributed by atoms with E-state index in [2.05, 4.69) is 16.0 Å². The zero-order valence-corrected chi connectivity index (χ0v) is 9.32. The Balaban J connectivity index is 1.99. The molecule has 2 aromatic rings. The number of aliphatic imine (C=N–C) groups is 2. The third-order valence-corrected chi connectivity index (χ3v) is 2.13. The van der Waals surface area contributed by atoms with Crippen LogP contribution in [0.5, 0.6) is 0 Å². The van der Waals surface area contributed by atoms with E-state index >= 15 is 0 Å². The van der Waals surface area contributed by atoms with Crippen molar-refractivity contribution >= 4 is 17.8 Å². The number of hydrogen-bond acceptors (Lipinski definition) is 2. The van der Waals surface area contributed by atoms with Crippen molar-refractivity contribution in [3.05, 3.63) is 72.4 Å². The van der Waals surface area contributed by atoms with E-state index in [1.165, 1.54) is 0 Å². The van der Waals surface area contributed by atoms with E-state index in [1.807, 2.05) is 66.7 Å². The first-order chi connectivity index (χ1) is 8.45. The summed E-state index contributed by atoms with van der Waals surface area (Å²) in [6, 6.07) is 22.2. The first-order valence-corrected chi connectivity index (χ1v) is 5.37. The van der Waals surface area contributed by atoms with Crippen LogP contribution in [0, 0.1) is 0 Å². The lowest BCUT2D eigenvalue weighted by atomic mass is 10.2. The van der Waals surface area contributed by atoms with E-state index in [4.69, 9.17) is 0 Å². The average Bonchev–Trinajstić information content (AvgIpc) is 2.41. The Kier molecular flexibility index (Phi) is 4.04. The number of nitrogens with zero attached hydrogens (tertiary/aromatic N) is 2. The first kappa shape index (κ1) is 11.1. The van der Waals surface area contributed by atoms with Crippen LogP contribution in [-0.4, -0.2) is 6.01 Å². The largest absolute Gasteiger partial charge is 0.195 e. The summed E-state index contributed by atoms with van der Waals surface area (Å²) in [5, 5.41) is 0. The molecule has 0 heterocycles. The summed E-state index contributed by atoms with van der Waals surface area (Å²) in [5.41, 5.74) is 1.96. The van der Waals surface area contributed by atoms with Crippen LogP contribution in [0.1, 0.15) is 5.56 Å². The fraction of sp³-hybridized carbons (Fsp3) is 0. The van der Waals surface area contributed by atoms with E-state index in [0.717, 1.165) is 11.3 Å². The van der Waals surface area contributed by atoms with Crippen LogP contribution >= 0.6 is 0 Å². The molecular formula is C15H12N2. The summed E-state index contributed by atoms with van der Waals surface area (Å²) in [4.78, 5) is 8.03. The summed E-state index contributed by atoms with van der Waals surface area (Å²) in [6.07, 6.45) is 3.59. The predicted octanol–water partition coefficient (Wildman–Crippen LogP) is 4.16. The molecular weight excluding hydrogens is 208 g/mol. The monoisotopic (exact) mass is 220 g/mol. The van der Waals surface area contributed by atoms with E-state index in [-0.39, 0.29) is 0 Å². The van der Waals surface area contributed by atoms with Crippen molar-refractivity contribution in [1.29, 1.82) is 0 Å². The molecule has 0 spiro atoms. The topological polar surface area (TPSA) is 24.7 Å². The van der Waals surface area contributed by atoms with Crippen LogP contribution in [0.3, 0.4) is 0 Å². The number of hydrogen-bond donors (Lipinski definition) is 0. The Morgan fingerprint density at radius 3 is 2.18 bits per heavy atom. The van der Waals surface area contributed by atoms with Gasteiger partial charge in [-0.2, -0.15) is 9.98 Å². The number of para-hydroxylation sites is 1. The van der Waals surface area contributed by atoms with Crippen LogP contribution in [0.2, 0.25) is 0 Å². The van der Waals surface area contributed by atoms with Gasteiger partial charge in [-0.05, 0) is 23.8 Å². The molecule has 0 saturated carbocycles. The Bertz CT molecular complexity index is 536. The van der Waals surface area contributed by atoms with Gasteiger partial charge in [0.1, 0.15) is 0 Å². The third-order valence-electron chi connectivity index (χ3n) is 2.13. The lowest BCUT2D eigenvalue weighted by Crippen LogP contribution is -1.66. The summed E-state index contributed by atoms with van der Waals surface area (Å²) < 4.78 is 0. The molecule has 0 N–H and O–H groups in total. The average molecular weight is 220 g/mol. The third kappa shape index (κ3) is 3.90. The maximum atomic E-state index is 4.07. The molecule has 0 radical (unpaired) electrons. The molecule has 0 aliphatic carbocycles. The second-order valence-electron chi connectivity index (χ2n) is 3.40. The molecule has 0 amide bonds. The summed E-state index contributed by atoms with van der Waals surface area (Å²) >= 11 is 0. The fourth-order valence-corrected chi connectivity index (χ4v) is 1.31. The number of rotatable bonds is 3. The van der Waals surface area contributed by atoms with Gasteiger partial charge >= 0.3 is 0 Å². The Hall–Kier alpha value is -2.44. The van der Waals surface area contributed by atoms with E-state index < -0.39 is 0 Å². The van der Waals surface area contributed by atoms with Crippen molar-refractivity contribution in [1.82, 2.24) is 0 Å². The molecule has 0 unspecified atom stereocenters. The van der Waals surface area contributed by atoms with Gasteiger partial charge in [-0.25, -0.2) is 0 Å². The molecule has 0 saturated heterocycles. The van der Waals surface area contributed by atoms with Crippen molar-refractivity contribution in [3.8, 4) is 0 Å². The zero-order chi connectivity index (χ0) is 11.8. The molecule has 2 heteroatoms. The van der Waals surface area contributed by atoms with Crippen LogP contribution < -0.4 is 0 Å². The molecule has 0 fully saturated rings. The Morgan fingerprint density at radius 1 is 0.824 bits per heavy atom. The van der Waals surface area contributed by atoms with Gasteiger partial charge in [-0.1, -0.05) is 48.5 Å². The molecule has 82 valence electrons. The molecule has 2 aromatic carbocycles. The standard InChI is InChI=1S/C15H12N2/c1-3-7-14(8-4-1)11-12-16-13-17-15-9-5-2-6-10-15/h1-12H. The molecule has 0 atom stereocenters. The van der Waals surface area contributed by atoms with Gasteiger partial charge in [-0.15, -0.1) is 0 Å². The van der Waals surface area contributed by atoms with Gasteiger partial charge in [-0.3, -0.25) is 0 Å². The van der Waals surface area contributed by atoms with Crippen molar-refractivity contribution in [3.63, 3.8) is 0 Å². The van der Waals surface area contributed by atoms with E-state index in [1.54, 1.807) is 6.20 Å². The molecule has 0 aromatic heterocycles. The highest BCUT2D eigenvalue weighted by Crippen LogP contribution is 2.07. The van der Waals surface area contributed by atoms with Crippen molar-refractivity contribution in [2.75, 3.05) is 0 Å². The van der Waals surface area contributed by atoms with Gasteiger partial charge in [0.05, 0.1) is 11.7 Å². The minimum atomic E-state index is 0.851. The van der Waals surface area contributed by atoms with Crippen LogP contribution in [-0.2, 0) is 0 Å². The molecule has 2 nitrogen and oxygen atoms in total. The second-order valence-corrected chi connectivity index (χ2v) is 3.40. The SMILES string of the molecule is C(=NC=Cc1ccccc1)=Nc1ccccc1. The van der Waals surface area contributed by atoms with Crippen molar-refractivity contribution in [2.45, 2.75) is 0 Å². The smallest absolute Gasteiger partial charge is 0.0999 e. The van der Waals surface area contributed by atoms with Gasteiger partial charge < -0.3 is 0 Å². The van der Waals surface area contributed by atoms with Crippen LogP contribution in [0.15, 0.2) is 76.8 Å². The minimum Gasteiger partial charge on any atom is -0.195 e. The van der Waals surface area contributed by atoms with Crippen molar-refractivity contribution < 1.29 is 0 Å². The van der Waals surface area contributed by atoms with Crippen LogP contribution in [0.25, 0.3) is 6.08 Å². The highest BCUT2D eigenvalue weighted by molar-refractivity contribution is 5.55. The maximum absolute atomic E-state index is 4.07. The molecule has 2 rings (SSSR count). The lowest BCUT2D eigenvalue weighted by molar-refractivity contribution is 1.51. The molecule has 0 aliphatic rings. The van der Waals surface area contributed by atoms with E-state index in [9.17, 15) is 0 Å². The highest BCUT2D eigenvalue weighted by atomic mass is 14.8. The second kappa shape index (κ2) is 6.21. The van der Waals surface area contributed by atoms with Crippen molar-refractivity contribution in [2.24, 2.45) is 9.98 Å². The molecule has 0 bridgehead atoms. The lowest BCUT2D eigenvalue weighted by Gasteiger charge is -1.87. The minimum absolute atomic E-state index is 0.851. The Morgan fingerprint density at radius 2 is 1.47 bits per heavy atom. The fourth-order valence-electron chi connectivity index (χ4n) is 1.31. The molecule has 0 aliphatic heterocycles. The van der Waals surface area contributed by atoms with E-state index in [0.29, 0.717) is 0 Å². The zero-order valence-electron chi connectivity index (χ0n) is 9.32. The quantitative estimate of drug-likeness (QED) is 0.694. The predicted molar refractivity (Wildman–Crippen MR) is 71.4 cm³/mol. The van der Waals surface area contributed by atoms with Gasteiger partial charge in [0, 0.05) is 6.20 Å². The summed E-state index contributed by atoms with van der Waals surface area (Å²) in [7, 11) is 0. The van der Waals surface area contributed by atoms with Gasteiger partial charge in [0.2, 0.25) is 0 Å². The Labute approximate surface area is 101 Å². The summed E-state index contributed by atoms with van der Waals surface area (Å²) in [6.45, 7) is 0. The first-order valence-electron chi connectivity index (χ1n) is 5.37. The number of benzene rings is 2. The summed E-state index contributed by atoms with van der Waals surface area (Å²) in [5.74, 6) is 0. The highest BCUT2D eigenvalue weighted by Gasteiger charge is 1.81. The van der Waals surface area contributed by atoms with Gasteiger partial charge in [0.25, 0.3) is 0 Å². The van der Waals surface area contributed by atoms with Crippen LogP contribution in [0.4, 0.5) is 5.69 Å². The maximum Gasteiger partial charge on any atom is 0.0999 e. The normalized spacial score (nSPS) is 9.88. The van der Waals surface area contributed by atoms with Gasteiger partial charge in [0.15, 0.2) is 0 Å². The molecule has 17 heavy (non-hydrogen) atoms.